The van der Waals surface area contributed by atoms with Gasteiger partial charge in [0.2, 0.25) is 0 Å². The Bertz CT molecular complexity index is 1340. The maximum Gasteiger partial charge on any atom is 0.251 e. The van der Waals surface area contributed by atoms with Gasteiger partial charge in [0.05, 0.1) is 0 Å². The maximum absolute atomic E-state index is 12.5. The van der Waals surface area contributed by atoms with E-state index in [-0.39, 0.29) is 5.91 Å². The lowest BCUT2D eigenvalue weighted by atomic mass is 10.1. The van der Waals surface area contributed by atoms with Crippen LogP contribution in [0.3, 0.4) is 0 Å². The van der Waals surface area contributed by atoms with E-state index in [1.54, 1.807) is 0 Å². The highest BCUT2D eigenvalue weighted by Gasteiger charge is 2.08. The quantitative estimate of drug-likeness (QED) is 0.338. The van der Waals surface area contributed by atoms with Gasteiger partial charge in [-0.1, -0.05) is 30.3 Å². The molecule has 5 heteroatoms. The minimum absolute atomic E-state index is 0.0644. The molecule has 2 N–H and O–H groups in total. The molecule has 0 saturated carbocycles. The molecule has 5 aromatic rings. The number of amides is 1. The van der Waals surface area contributed by atoms with Crippen LogP contribution in [0.25, 0.3) is 16.6 Å². The first-order chi connectivity index (χ1) is 16.3. The van der Waals surface area contributed by atoms with E-state index >= 15 is 0 Å². The number of fused-ring (bicyclic) bond motifs is 1. The first-order valence-electron chi connectivity index (χ1n) is 11.0. The lowest BCUT2D eigenvalue weighted by molar-refractivity contribution is 0.0954. The summed E-state index contributed by atoms with van der Waals surface area (Å²) in [6, 6.07) is 27.8. The van der Waals surface area contributed by atoms with Crippen LogP contribution in [0.2, 0.25) is 0 Å². The Morgan fingerprint density at radius 2 is 1.70 bits per heavy atom. The number of ether oxygens (including phenoxy) is 1. The molecule has 164 valence electrons. The van der Waals surface area contributed by atoms with Crippen LogP contribution in [0.5, 0.6) is 5.75 Å². The van der Waals surface area contributed by atoms with E-state index in [0.717, 1.165) is 34.3 Å². The van der Waals surface area contributed by atoms with Crippen molar-refractivity contribution < 1.29 is 9.53 Å². The number of carbonyl (C=O) groups is 1. The van der Waals surface area contributed by atoms with Crippen molar-refractivity contribution in [2.24, 2.45) is 0 Å². The van der Waals surface area contributed by atoms with Crippen LogP contribution in [-0.2, 0) is 13.0 Å². The number of nitrogens with one attached hydrogen (secondary N) is 2. The van der Waals surface area contributed by atoms with Crippen molar-refractivity contribution in [1.82, 2.24) is 14.9 Å². The zero-order valence-electron chi connectivity index (χ0n) is 18.2. The molecule has 0 aliphatic rings. The second kappa shape index (κ2) is 9.49. The van der Waals surface area contributed by atoms with Crippen LogP contribution < -0.4 is 10.1 Å². The Labute approximate surface area is 192 Å². The van der Waals surface area contributed by atoms with Gasteiger partial charge in [-0.2, -0.15) is 0 Å². The van der Waals surface area contributed by atoms with Gasteiger partial charge in [-0.3, -0.25) is 4.79 Å². The number of hydrogen-bond acceptors (Lipinski definition) is 2. The molecule has 0 bridgehead atoms. The summed E-state index contributed by atoms with van der Waals surface area (Å²) in [5, 5.41) is 4.17. The number of aromatic nitrogens is 2. The summed E-state index contributed by atoms with van der Waals surface area (Å²) in [5.74, 6) is 0.766. The number of aromatic amines is 1. The van der Waals surface area contributed by atoms with Gasteiger partial charge in [0.15, 0.2) is 0 Å². The molecular formula is C28H25N3O2. The molecule has 1 amide bonds. The standard InChI is InChI=1S/C28H25N3O2/c32-28(22-8-10-24(11-9-22)31-16-4-5-17-31)29-15-14-23-19-30-27-18-25(12-13-26(23)27)33-20-21-6-2-1-3-7-21/h1-13,16-19,30H,14-15,20H2,(H,29,32). The Kier molecular flexibility index (Phi) is 5.93. The van der Waals surface area contributed by atoms with Crippen LogP contribution in [0.4, 0.5) is 0 Å². The van der Waals surface area contributed by atoms with E-state index in [1.165, 1.54) is 5.56 Å². The highest BCUT2D eigenvalue weighted by atomic mass is 16.5. The first-order valence-corrected chi connectivity index (χ1v) is 11.0. The van der Waals surface area contributed by atoms with Crippen LogP contribution in [-0.4, -0.2) is 22.0 Å². The molecule has 0 fully saturated rings. The largest absolute Gasteiger partial charge is 0.489 e. The van der Waals surface area contributed by atoms with Crippen LogP contribution in [0, 0.1) is 0 Å². The Morgan fingerprint density at radius 3 is 2.48 bits per heavy atom. The number of carbonyl (C=O) groups excluding carboxylic acids is 1. The van der Waals surface area contributed by atoms with E-state index in [9.17, 15) is 4.79 Å². The minimum Gasteiger partial charge on any atom is -0.489 e. The van der Waals surface area contributed by atoms with Crippen LogP contribution >= 0.6 is 0 Å². The lowest BCUT2D eigenvalue weighted by Gasteiger charge is -2.08. The summed E-state index contributed by atoms with van der Waals surface area (Å²) in [6.07, 6.45) is 6.71. The first kappa shape index (κ1) is 20.6. The molecule has 0 atom stereocenters. The Balaban J connectivity index is 1.16. The number of hydrogen-bond donors (Lipinski definition) is 2. The molecule has 0 aliphatic carbocycles. The van der Waals surface area contributed by atoms with Crippen molar-refractivity contribution >= 4 is 16.8 Å². The summed E-state index contributed by atoms with van der Waals surface area (Å²) in [6.45, 7) is 1.11. The van der Waals surface area contributed by atoms with E-state index < -0.39 is 0 Å². The maximum atomic E-state index is 12.5. The topological polar surface area (TPSA) is 59.1 Å². The van der Waals surface area contributed by atoms with Crippen molar-refractivity contribution in [2.75, 3.05) is 6.54 Å². The van der Waals surface area contributed by atoms with Crippen LogP contribution in [0.1, 0.15) is 21.5 Å². The van der Waals surface area contributed by atoms with Gasteiger partial charge in [0.25, 0.3) is 5.91 Å². The molecule has 5 nitrogen and oxygen atoms in total. The normalized spacial score (nSPS) is 10.9. The monoisotopic (exact) mass is 435 g/mol. The van der Waals surface area contributed by atoms with Crippen LogP contribution in [0.15, 0.2) is 104 Å². The average molecular weight is 436 g/mol. The average Bonchev–Trinajstić information content (AvgIpc) is 3.54. The molecule has 2 heterocycles. The third-order valence-corrected chi connectivity index (χ3v) is 5.70. The van der Waals surface area contributed by atoms with E-state index in [2.05, 4.69) is 28.5 Å². The van der Waals surface area contributed by atoms with Gasteiger partial charge in [0, 0.05) is 53.4 Å². The van der Waals surface area contributed by atoms with Gasteiger partial charge >= 0.3 is 0 Å². The summed E-state index contributed by atoms with van der Waals surface area (Å²) in [7, 11) is 0. The second-order valence-electron chi connectivity index (χ2n) is 7.94. The smallest absolute Gasteiger partial charge is 0.251 e. The number of H-pyrrole nitrogens is 1. The van der Waals surface area contributed by atoms with Gasteiger partial charge in [-0.15, -0.1) is 0 Å². The minimum atomic E-state index is -0.0644. The van der Waals surface area contributed by atoms with Gasteiger partial charge in [0.1, 0.15) is 12.4 Å². The van der Waals surface area contributed by atoms with Gasteiger partial charge < -0.3 is 19.6 Å². The van der Waals surface area contributed by atoms with E-state index in [4.69, 9.17) is 4.74 Å². The van der Waals surface area contributed by atoms with Crippen molar-refractivity contribution in [3.63, 3.8) is 0 Å². The predicted octanol–water partition coefficient (Wildman–Crippen LogP) is 5.51. The van der Waals surface area contributed by atoms with Gasteiger partial charge in [-0.25, -0.2) is 0 Å². The zero-order valence-corrected chi connectivity index (χ0v) is 18.2. The number of rotatable bonds is 8. The number of nitrogens with zero attached hydrogens (tertiary/aromatic N) is 1. The summed E-state index contributed by atoms with van der Waals surface area (Å²) >= 11 is 0. The van der Waals surface area contributed by atoms with Gasteiger partial charge in [-0.05, 0) is 66.1 Å². The molecular weight excluding hydrogens is 410 g/mol. The van der Waals surface area contributed by atoms with E-state index in [0.29, 0.717) is 18.7 Å². The Morgan fingerprint density at radius 1 is 0.909 bits per heavy atom. The van der Waals surface area contributed by atoms with Crippen molar-refractivity contribution in [3.05, 3.63) is 120 Å². The number of benzene rings is 3. The molecule has 3 aromatic carbocycles. The third kappa shape index (κ3) is 4.83. The molecule has 0 spiro atoms. The molecule has 0 unspecified atom stereocenters. The molecule has 2 aromatic heterocycles. The summed E-state index contributed by atoms with van der Waals surface area (Å²) in [5.41, 5.74) is 5.03. The van der Waals surface area contributed by atoms with Crippen molar-refractivity contribution in [2.45, 2.75) is 13.0 Å². The fourth-order valence-corrected chi connectivity index (χ4v) is 3.91. The fourth-order valence-electron chi connectivity index (χ4n) is 3.91. The van der Waals surface area contributed by atoms with Crippen molar-refractivity contribution in [1.29, 1.82) is 0 Å². The highest BCUT2D eigenvalue weighted by Crippen LogP contribution is 2.24. The second-order valence-corrected chi connectivity index (χ2v) is 7.94. The lowest BCUT2D eigenvalue weighted by Crippen LogP contribution is -2.25. The molecule has 0 aliphatic heterocycles. The molecule has 33 heavy (non-hydrogen) atoms. The predicted molar refractivity (Wildman–Crippen MR) is 131 cm³/mol. The third-order valence-electron chi connectivity index (χ3n) is 5.70. The fraction of sp³-hybridized carbons (Fsp3) is 0.107. The zero-order chi connectivity index (χ0) is 22.5. The molecule has 0 saturated heterocycles. The summed E-state index contributed by atoms with van der Waals surface area (Å²) < 4.78 is 7.94. The summed E-state index contributed by atoms with van der Waals surface area (Å²) in [4.78, 5) is 15.8. The highest BCUT2D eigenvalue weighted by molar-refractivity contribution is 5.94. The van der Waals surface area contributed by atoms with E-state index in [1.807, 2.05) is 89.9 Å². The molecule has 0 radical (unpaired) electrons. The van der Waals surface area contributed by atoms with Crippen molar-refractivity contribution in [3.8, 4) is 11.4 Å². The Hall–Kier alpha value is -4.25. The SMILES string of the molecule is O=C(NCCc1c[nH]c2cc(OCc3ccccc3)ccc12)c1ccc(-n2cccc2)cc1. The molecule has 5 rings (SSSR count).